The van der Waals surface area contributed by atoms with Gasteiger partial charge in [-0.05, 0) is 36.8 Å². The third kappa shape index (κ3) is 4.46. The number of carbonyl (C=O) groups excluding carboxylic acids is 1. The monoisotopic (exact) mass is 324 g/mol. The second kappa shape index (κ2) is 6.93. The van der Waals surface area contributed by atoms with E-state index >= 15 is 0 Å². The molecule has 0 saturated carbocycles. The molecule has 0 aliphatic carbocycles. The van der Waals surface area contributed by atoms with Crippen molar-refractivity contribution in [2.24, 2.45) is 0 Å². The van der Waals surface area contributed by atoms with Crippen molar-refractivity contribution in [3.8, 4) is 0 Å². The lowest BCUT2D eigenvalue weighted by atomic mass is 10.1. The molecule has 21 heavy (non-hydrogen) atoms. The molecule has 1 heterocycles. The average Bonchev–Trinajstić information content (AvgIpc) is 2.84. The summed E-state index contributed by atoms with van der Waals surface area (Å²) in [6, 6.07) is 10.7. The lowest BCUT2D eigenvalue weighted by molar-refractivity contribution is 0.199. The van der Waals surface area contributed by atoms with E-state index in [1.54, 1.807) is 43.1 Å². The Bertz CT molecular complexity index is 610. The Labute approximate surface area is 133 Å². The summed E-state index contributed by atoms with van der Waals surface area (Å²) in [5, 5.41) is 12.3. The van der Waals surface area contributed by atoms with Crippen LogP contribution in [-0.2, 0) is 6.54 Å². The van der Waals surface area contributed by atoms with Gasteiger partial charge in [0.2, 0.25) is 0 Å². The van der Waals surface area contributed by atoms with Crippen molar-refractivity contribution in [3.05, 3.63) is 51.2 Å². The molecule has 4 nitrogen and oxygen atoms in total. The standard InChI is InChI=1S/C15H17ClN2O2S/c1-10(19)11-3-5-12(6-4-11)17-15(20)18(2)9-13-7-8-14(16)21-13/h3-8,10,19H,9H2,1-2H3,(H,17,20). The van der Waals surface area contributed by atoms with E-state index in [0.717, 1.165) is 10.4 Å². The molecule has 0 spiro atoms. The van der Waals surface area contributed by atoms with Crippen molar-refractivity contribution >= 4 is 34.7 Å². The van der Waals surface area contributed by atoms with Crippen LogP contribution in [0.2, 0.25) is 4.34 Å². The second-order valence-corrected chi connectivity index (χ2v) is 6.59. The highest BCUT2D eigenvalue weighted by Gasteiger charge is 2.11. The zero-order chi connectivity index (χ0) is 15.4. The molecular weight excluding hydrogens is 308 g/mol. The minimum Gasteiger partial charge on any atom is -0.389 e. The van der Waals surface area contributed by atoms with Crippen LogP contribution in [0.15, 0.2) is 36.4 Å². The summed E-state index contributed by atoms with van der Waals surface area (Å²) in [7, 11) is 1.73. The largest absolute Gasteiger partial charge is 0.389 e. The average molecular weight is 325 g/mol. The summed E-state index contributed by atoms with van der Waals surface area (Å²) >= 11 is 7.33. The van der Waals surface area contributed by atoms with Gasteiger partial charge in [0.25, 0.3) is 0 Å². The molecule has 112 valence electrons. The smallest absolute Gasteiger partial charge is 0.321 e. The van der Waals surface area contributed by atoms with Gasteiger partial charge in [0.1, 0.15) is 0 Å². The first-order valence-electron chi connectivity index (χ1n) is 6.50. The van der Waals surface area contributed by atoms with E-state index in [1.165, 1.54) is 11.3 Å². The molecule has 0 aliphatic heterocycles. The van der Waals surface area contributed by atoms with E-state index in [0.29, 0.717) is 16.6 Å². The van der Waals surface area contributed by atoms with Crippen LogP contribution in [-0.4, -0.2) is 23.1 Å². The Kier molecular flexibility index (Phi) is 5.22. The fraction of sp³-hybridized carbons (Fsp3) is 0.267. The van der Waals surface area contributed by atoms with Crippen LogP contribution in [0.25, 0.3) is 0 Å². The van der Waals surface area contributed by atoms with Crippen LogP contribution in [0.4, 0.5) is 10.5 Å². The predicted octanol–water partition coefficient (Wildman–Crippen LogP) is 4.12. The number of nitrogens with zero attached hydrogens (tertiary/aromatic N) is 1. The molecular formula is C15H17ClN2O2S. The highest BCUT2D eigenvalue weighted by molar-refractivity contribution is 7.16. The summed E-state index contributed by atoms with van der Waals surface area (Å²) in [5.41, 5.74) is 1.51. The number of benzene rings is 1. The van der Waals surface area contributed by atoms with Crippen molar-refractivity contribution in [3.63, 3.8) is 0 Å². The van der Waals surface area contributed by atoms with E-state index in [2.05, 4.69) is 5.32 Å². The molecule has 2 amide bonds. The Balaban J connectivity index is 1.93. The maximum atomic E-state index is 12.1. The van der Waals surface area contributed by atoms with Gasteiger partial charge >= 0.3 is 6.03 Å². The Morgan fingerprint density at radius 3 is 2.52 bits per heavy atom. The number of anilines is 1. The molecule has 1 unspecified atom stereocenters. The number of hydrogen-bond acceptors (Lipinski definition) is 3. The highest BCUT2D eigenvalue weighted by atomic mass is 35.5. The van der Waals surface area contributed by atoms with E-state index in [4.69, 9.17) is 11.6 Å². The number of nitrogens with one attached hydrogen (secondary N) is 1. The van der Waals surface area contributed by atoms with Crippen LogP contribution < -0.4 is 5.32 Å². The van der Waals surface area contributed by atoms with Crippen molar-refractivity contribution in [1.82, 2.24) is 4.90 Å². The summed E-state index contributed by atoms with van der Waals surface area (Å²) in [4.78, 5) is 14.7. The maximum absolute atomic E-state index is 12.1. The molecule has 1 aromatic carbocycles. The first kappa shape index (κ1) is 15.8. The lowest BCUT2D eigenvalue weighted by Crippen LogP contribution is -2.30. The van der Waals surface area contributed by atoms with Crippen LogP contribution in [0, 0.1) is 0 Å². The van der Waals surface area contributed by atoms with Gasteiger partial charge in [0, 0.05) is 17.6 Å². The molecule has 2 N–H and O–H groups in total. The third-order valence-corrected chi connectivity index (χ3v) is 4.23. The second-order valence-electron chi connectivity index (χ2n) is 4.79. The molecule has 1 atom stereocenters. The number of carbonyl (C=O) groups is 1. The van der Waals surface area contributed by atoms with Crippen molar-refractivity contribution in [2.75, 3.05) is 12.4 Å². The zero-order valence-electron chi connectivity index (χ0n) is 11.8. The van der Waals surface area contributed by atoms with Crippen LogP contribution in [0.3, 0.4) is 0 Å². The SMILES string of the molecule is CC(O)c1ccc(NC(=O)N(C)Cc2ccc(Cl)s2)cc1. The van der Waals surface area contributed by atoms with Crippen LogP contribution >= 0.6 is 22.9 Å². The highest BCUT2D eigenvalue weighted by Crippen LogP contribution is 2.22. The number of hydrogen-bond donors (Lipinski definition) is 2. The molecule has 1 aromatic heterocycles. The number of thiophene rings is 1. The number of rotatable bonds is 4. The molecule has 2 rings (SSSR count). The summed E-state index contributed by atoms with van der Waals surface area (Å²) in [6.07, 6.45) is -0.513. The molecule has 0 saturated heterocycles. The fourth-order valence-corrected chi connectivity index (χ4v) is 2.95. The third-order valence-electron chi connectivity index (χ3n) is 3.01. The van der Waals surface area contributed by atoms with Gasteiger partial charge in [0.15, 0.2) is 0 Å². The zero-order valence-corrected chi connectivity index (χ0v) is 13.4. The summed E-state index contributed by atoms with van der Waals surface area (Å²) in [5.74, 6) is 0. The molecule has 0 fully saturated rings. The van der Waals surface area contributed by atoms with Gasteiger partial charge in [-0.3, -0.25) is 0 Å². The number of urea groups is 1. The van der Waals surface area contributed by atoms with Crippen molar-refractivity contribution < 1.29 is 9.90 Å². The Hall–Kier alpha value is -1.56. The van der Waals surface area contributed by atoms with Gasteiger partial charge in [-0.2, -0.15) is 0 Å². The minimum atomic E-state index is -0.513. The number of aliphatic hydroxyl groups is 1. The number of halogens is 1. The first-order valence-corrected chi connectivity index (χ1v) is 7.69. The van der Waals surface area contributed by atoms with E-state index in [-0.39, 0.29) is 6.03 Å². The topological polar surface area (TPSA) is 52.6 Å². The van der Waals surface area contributed by atoms with Crippen molar-refractivity contribution in [2.45, 2.75) is 19.6 Å². The molecule has 2 aromatic rings. The fourth-order valence-electron chi connectivity index (χ4n) is 1.81. The molecule has 0 aliphatic rings. The Morgan fingerprint density at radius 1 is 1.33 bits per heavy atom. The van der Waals surface area contributed by atoms with Crippen LogP contribution in [0.1, 0.15) is 23.5 Å². The van der Waals surface area contributed by atoms with Crippen LogP contribution in [0.5, 0.6) is 0 Å². The number of amides is 2. The van der Waals surface area contributed by atoms with Crippen molar-refractivity contribution in [1.29, 1.82) is 0 Å². The summed E-state index contributed by atoms with van der Waals surface area (Å²) < 4.78 is 0.715. The van der Waals surface area contributed by atoms with Gasteiger partial charge in [-0.1, -0.05) is 23.7 Å². The maximum Gasteiger partial charge on any atom is 0.321 e. The molecule has 6 heteroatoms. The Morgan fingerprint density at radius 2 is 2.00 bits per heavy atom. The van der Waals surface area contributed by atoms with E-state index < -0.39 is 6.10 Å². The van der Waals surface area contributed by atoms with Gasteiger partial charge < -0.3 is 15.3 Å². The molecule has 0 bridgehead atoms. The van der Waals surface area contributed by atoms with Gasteiger partial charge in [-0.15, -0.1) is 11.3 Å². The van der Waals surface area contributed by atoms with Gasteiger partial charge in [0.05, 0.1) is 17.0 Å². The first-order chi connectivity index (χ1) is 9.95. The van der Waals surface area contributed by atoms with E-state index in [1.807, 2.05) is 12.1 Å². The quantitative estimate of drug-likeness (QED) is 0.889. The normalized spacial score (nSPS) is 12.0. The number of aliphatic hydroxyl groups excluding tert-OH is 1. The predicted molar refractivity (Wildman–Crippen MR) is 86.9 cm³/mol. The van der Waals surface area contributed by atoms with Gasteiger partial charge in [-0.25, -0.2) is 4.79 Å². The minimum absolute atomic E-state index is 0.190. The lowest BCUT2D eigenvalue weighted by Gasteiger charge is -2.17. The molecule has 0 radical (unpaired) electrons. The van der Waals surface area contributed by atoms with E-state index in [9.17, 15) is 9.90 Å². The summed E-state index contributed by atoms with van der Waals surface area (Å²) in [6.45, 7) is 2.21.